The minimum Gasteiger partial charge on any atom is -0.393 e. The summed E-state index contributed by atoms with van der Waals surface area (Å²) in [6.07, 6.45) is 0.413. The molecule has 5 nitrogen and oxygen atoms in total. The van der Waals surface area contributed by atoms with Gasteiger partial charge in [0.15, 0.2) is 0 Å². The number of carbonyl (C=O) groups excluding carboxylic acids is 1. The third kappa shape index (κ3) is 3.72. The first-order valence-corrected chi connectivity index (χ1v) is 9.00. The minimum atomic E-state index is -0.404. The molecule has 2 aromatic rings. The van der Waals surface area contributed by atoms with Crippen LogP contribution in [0.15, 0.2) is 24.3 Å². The normalized spacial score (nSPS) is 18.6. The van der Waals surface area contributed by atoms with Gasteiger partial charge in [0.05, 0.1) is 23.9 Å². The molecule has 1 amide bonds. The second-order valence-corrected chi connectivity index (χ2v) is 7.29. The second-order valence-electron chi connectivity index (χ2n) is 6.93. The highest BCUT2D eigenvalue weighted by atomic mass is 35.5. The van der Waals surface area contributed by atoms with E-state index >= 15 is 0 Å². The van der Waals surface area contributed by atoms with Crippen LogP contribution in [0.4, 0.5) is 0 Å². The highest BCUT2D eigenvalue weighted by molar-refractivity contribution is 6.33. The van der Waals surface area contributed by atoms with Crippen molar-refractivity contribution < 1.29 is 9.90 Å². The number of nitrogens with zero attached hydrogens (tertiary/aromatic N) is 3. The number of carbonyl (C=O) groups is 1. The highest BCUT2D eigenvalue weighted by Crippen LogP contribution is 2.27. The molecule has 0 unspecified atom stereocenters. The molecule has 134 valence electrons. The quantitative estimate of drug-likeness (QED) is 0.910. The summed E-state index contributed by atoms with van der Waals surface area (Å²) in [5.41, 5.74) is 3.40. The third-order valence-corrected chi connectivity index (χ3v) is 5.31. The van der Waals surface area contributed by atoms with Gasteiger partial charge in [-0.2, -0.15) is 5.10 Å². The standard InChI is InChI=1S/C19H24ClN3O2/c1-12-4-6-15(7-5-12)10-23-18(20)17(13(2)21-23)19(25)22-9-8-16(11-22)14(3)24/h4-7,14,16,24H,8-11H2,1-3H3/t14-,16-/m0/s1. The van der Waals surface area contributed by atoms with Crippen LogP contribution >= 0.6 is 11.6 Å². The Balaban J connectivity index is 1.80. The lowest BCUT2D eigenvalue weighted by Gasteiger charge is -2.17. The number of hydrogen-bond donors (Lipinski definition) is 1. The van der Waals surface area contributed by atoms with E-state index in [1.165, 1.54) is 5.56 Å². The molecule has 1 aliphatic heterocycles. The molecular formula is C19H24ClN3O2. The summed E-state index contributed by atoms with van der Waals surface area (Å²) >= 11 is 6.49. The zero-order chi connectivity index (χ0) is 18.1. The molecule has 0 aliphatic carbocycles. The van der Waals surface area contributed by atoms with Crippen LogP contribution in [0.3, 0.4) is 0 Å². The first kappa shape index (κ1) is 18.0. The predicted octanol–water partition coefficient (Wildman–Crippen LogP) is 3.04. The summed E-state index contributed by atoms with van der Waals surface area (Å²) in [5.74, 6) is 0.0337. The molecule has 3 rings (SSSR count). The van der Waals surface area contributed by atoms with Crippen molar-refractivity contribution in [1.82, 2.24) is 14.7 Å². The van der Waals surface area contributed by atoms with Crippen LogP contribution in [-0.4, -0.2) is 44.9 Å². The zero-order valence-electron chi connectivity index (χ0n) is 14.9. The molecule has 2 atom stereocenters. The number of likely N-dealkylation sites (tertiary alicyclic amines) is 1. The van der Waals surface area contributed by atoms with Crippen molar-refractivity contribution in [2.24, 2.45) is 5.92 Å². The smallest absolute Gasteiger partial charge is 0.258 e. The van der Waals surface area contributed by atoms with E-state index in [0.29, 0.717) is 36.0 Å². The van der Waals surface area contributed by atoms with Crippen molar-refractivity contribution in [3.8, 4) is 0 Å². The molecule has 0 saturated carbocycles. The van der Waals surface area contributed by atoms with Crippen LogP contribution in [-0.2, 0) is 6.54 Å². The molecular weight excluding hydrogens is 338 g/mol. The molecule has 0 radical (unpaired) electrons. The van der Waals surface area contributed by atoms with Gasteiger partial charge in [0.25, 0.3) is 5.91 Å². The Bertz CT molecular complexity index is 768. The Hall–Kier alpha value is -1.85. The van der Waals surface area contributed by atoms with Gasteiger partial charge in [-0.25, -0.2) is 4.68 Å². The van der Waals surface area contributed by atoms with E-state index in [-0.39, 0.29) is 11.8 Å². The Morgan fingerprint density at radius 2 is 2.04 bits per heavy atom. The van der Waals surface area contributed by atoms with Gasteiger partial charge in [-0.1, -0.05) is 41.4 Å². The summed E-state index contributed by atoms with van der Waals surface area (Å²) in [6.45, 7) is 7.37. The first-order chi connectivity index (χ1) is 11.9. The van der Waals surface area contributed by atoms with Gasteiger partial charge < -0.3 is 10.0 Å². The van der Waals surface area contributed by atoms with Crippen LogP contribution in [0, 0.1) is 19.8 Å². The van der Waals surface area contributed by atoms with Gasteiger partial charge in [0.1, 0.15) is 5.15 Å². The van der Waals surface area contributed by atoms with Gasteiger partial charge in [0, 0.05) is 19.0 Å². The maximum Gasteiger partial charge on any atom is 0.258 e. The molecule has 1 aromatic heterocycles. The third-order valence-electron chi connectivity index (χ3n) is 4.93. The number of aliphatic hydroxyl groups excluding tert-OH is 1. The van der Waals surface area contributed by atoms with Crippen molar-refractivity contribution in [3.05, 3.63) is 51.8 Å². The number of halogens is 1. The lowest BCUT2D eigenvalue weighted by Crippen LogP contribution is -2.30. The largest absolute Gasteiger partial charge is 0.393 e. The summed E-state index contributed by atoms with van der Waals surface area (Å²) < 4.78 is 1.68. The van der Waals surface area contributed by atoms with E-state index < -0.39 is 6.10 Å². The van der Waals surface area contributed by atoms with Crippen LogP contribution in [0.25, 0.3) is 0 Å². The van der Waals surface area contributed by atoms with Gasteiger partial charge in [0.2, 0.25) is 0 Å². The number of aryl methyl sites for hydroxylation is 2. The Labute approximate surface area is 153 Å². The number of amides is 1. The zero-order valence-corrected chi connectivity index (χ0v) is 15.6. The van der Waals surface area contributed by atoms with Crippen LogP contribution < -0.4 is 0 Å². The SMILES string of the molecule is Cc1ccc(Cn2nc(C)c(C(=O)N3CC[C@H]([C@H](C)O)C3)c2Cl)cc1. The first-order valence-electron chi connectivity index (χ1n) is 8.62. The molecule has 1 N–H and O–H groups in total. The summed E-state index contributed by atoms with van der Waals surface area (Å²) in [6, 6.07) is 8.17. The molecule has 25 heavy (non-hydrogen) atoms. The fourth-order valence-electron chi connectivity index (χ4n) is 3.29. The van der Waals surface area contributed by atoms with Crippen LogP contribution in [0.2, 0.25) is 5.15 Å². The molecule has 2 heterocycles. The van der Waals surface area contributed by atoms with E-state index in [0.717, 1.165) is 12.0 Å². The topological polar surface area (TPSA) is 58.4 Å². The molecule has 6 heteroatoms. The molecule has 0 bridgehead atoms. The summed E-state index contributed by atoms with van der Waals surface area (Å²) in [4.78, 5) is 14.6. The van der Waals surface area contributed by atoms with E-state index in [1.807, 2.05) is 38.1 Å². The average Bonchev–Trinajstić information content (AvgIpc) is 3.15. The van der Waals surface area contributed by atoms with E-state index in [2.05, 4.69) is 5.10 Å². The van der Waals surface area contributed by atoms with E-state index in [1.54, 1.807) is 16.5 Å². The second kappa shape index (κ2) is 7.18. The van der Waals surface area contributed by atoms with Crippen molar-refractivity contribution in [2.45, 2.75) is 39.8 Å². The molecule has 1 aliphatic rings. The average molecular weight is 362 g/mol. The molecule has 1 aromatic carbocycles. The van der Waals surface area contributed by atoms with Gasteiger partial charge in [-0.05, 0) is 32.8 Å². The fraction of sp³-hybridized carbons (Fsp3) is 0.474. The number of benzene rings is 1. The maximum atomic E-state index is 12.9. The monoisotopic (exact) mass is 361 g/mol. The molecule has 0 spiro atoms. The van der Waals surface area contributed by atoms with E-state index in [9.17, 15) is 9.90 Å². The van der Waals surface area contributed by atoms with Crippen molar-refractivity contribution in [2.75, 3.05) is 13.1 Å². The van der Waals surface area contributed by atoms with E-state index in [4.69, 9.17) is 11.6 Å². The number of hydrogen-bond acceptors (Lipinski definition) is 3. The summed E-state index contributed by atoms with van der Waals surface area (Å²) in [5, 5.41) is 14.6. The lowest BCUT2D eigenvalue weighted by molar-refractivity contribution is 0.0762. The number of aromatic nitrogens is 2. The number of aliphatic hydroxyl groups is 1. The van der Waals surface area contributed by atoms with Gasteiger partial charge in [-0.15, -0.1) is 0 Å². The minimum absolute atomic E-state index is 0.0965. The highest BCUT2D eigenvalue weighted by Gasteiger charge is 2.32. The Morgan fingerprint density at radius 3 is 2.64 bits per heavy atom. The van der Waals surface area contributed by atoms with Gasteiger partial charge in [-0.3, -0.25) is 4.79 Å². The molecule has 1 fully saturated rings. The number of rotatable bonds is 4. The van der Waals surface area contributed by atoms with Crippen LogP contribution in [0.1, 0.15) is 40.5 Å². The Kier molecular flexibility index (Phi) is 5.16. The molecule has 1 saturated heterocycles. The lowest BCUT2D eigenvalue weighted by atomic mass is 10.0. The van der Waals surface area contributed by atoms with Crippen LogP contribution in [0.5, 0.6) is 0 Å². The predicted molar refractivity (Wildman–Crippen MR) is 97.9 cm³/mol. The van der Waals surface area contributed by atoms with Crippen molar-refractivity contribution in [3.63, 3.8) is 0 Å². The van der Waals surface area contributed by atoms with Crippen molar-refractivity contribution >= 4 is 17.5 Å². The van der Waals surface area contributed by atoms with Crippen molar-refractivity contribution in [1.29, 1.82) is 0 Å². The summed E-state index contributed by atoms with van der Waals surface area (Å²) in [7, 11) is 0. The fourth-order valence-corrected chi connectivity index (χ4v) is 3.61. The maximum absolute atomic E-state index is 12.9. The van der Waals surface area contributed by atoms with Gasteiger partial charge >= 0.3 is 0 Å². The Morgan fingerprint density at radius 1 is 1.36 bits per heavy atom.